The summed E-state index contributed by atoms with van der Waals surface area (Å²) in [5.41, 5.74) is 0.120. The van der Waals surface area contributed by atoms with Crippen molar-refractivity contribution in [3.8, 4) is 0 Å². The molecule has 2 atom stereocenters. The summed E-state index contributed by atoms with van der Waals surface area (Å²) < 4.78 is 0. The summed E-state index contributed by atoms with van der Waals surface area (Å²) in [5, 5.41) is 18.0. The molecule has 1 saturated heterocycles. The van der Waals surface area contributed by atoms with Crippen LogP contribution in [-0.2, 0) is 4.79 Å². The Balaban J connectivity index is 2.53. The van der Waals surface area contributed by atoms with Gasteiger partial charge in [0, 0.05) is 19.5 Å². The second-order valence-corrected chi connectivity index (χ2v) is 5.40. The predicted octanol–water partition coefficient (Wildman–Crippen LogP) is 0.234. The van der Waals surface area contributed by atoms with Crippen LogP contribution >= 0.6 is 0 Å². The topological polar surface area (TPSA) is 60.8 Å². The first-order chi connectivity index (χ1) is 6.84. The molecule has 0 aromatic rings. The van der Waals surface area contributed by atoms with E-state index >= 15 is 0 Å². The van der Waals surface area contributed by atoms with E-state index in [1.54, 1.807) is 4.90 Å². The first-order valence-corrected chi connectivity index (χ1v) is 5.41. The minimum atomic E-state index is -0.812. The molecule has 0 aromatic carbocycles. The molecule has 1 heterocycles. The molecule has 0 spiro atoms. The summed E-state index contributed by atoms with van der Waals surface area (Å²) in [6, 6.07) is 0. The van der Waals surface area contributed by atoms with Gasteiger partial charge in [-0.1, -0.05) is 20.8 Å². The van der Waals surface area contributed by atoms with Crippen molar-refractivity contribution in [3.63, 3.8) is 0 Å². The molecule has 2 N–H and O–H groups in total. The normalized spacial score (nSPS) is 24.7. The lowest BCUT2D eigenvalue weighted by Crippen LogP contribution is -2.36. The van der Waals surface area contributed by atoms with Crippen LogP contribution in [0.1, 0.15) is 27.2 Å². The fourth-order valence-corrected chi connectivity index (χ4v) is 1.84. The van der Waals surface area contributed by atoms with Gasteiger partial charge >= 0.3 is 0 Å². The zero-order valence-corrected chi connectivity index (χ0v) is 9.73. The van der Waals surface area contributed by atoms with E-state index in [4.69, 9.17) is 5.11 Å². The number of hydrogen-bond donors (Lipinski definition) is 2. The van der Waals surface area contributed by atoms with Crippen molar-refractivity contribution in [2.75, 3.05) is 19.7 Å². The smallest absolute Gasteiger partial charge is 0.223 e. The minimum Gasteiger partial charge on any atom is -0.394 e. The third-order valence-corrected chi connectivity index (χ3v) is 3.08. The van der Waals surface area contributed by atoms with Crippen LogP contribution < -0.4 is 0 Å². The lowest BCUT2D eigenvalue weighted by molar-refractivity contribution is -0.129. The highest BCUT2D eigenvalue weighted by Crippen LogP contribution is 2.34. The van der Waals surface area contributed by atoms with Gasteiger partial charge in [0.25, 0.3) is 0 Å². The summed E-state index contributed by atoms with van der Waals surface area (Å²) in [6.07, 6.45) is -0.255. The van der Waals surface area contributed by atoms with E-state index in [1.807, 2.05) is 0 Å². The Morgan fingerprint density at radius 3 is 2.53 bits per heavy atom. The molecule has 0 bridgehead atoms. The van der Waals surface area contributed by atoms with Crippen LogP contribution in [0.2, 0.25) is 0 Å². The fourth-order valence-electron chi connectivity index (χ4n) is 1.84. The van der Waals surface area contributed by atoms with Gasteiger partial charge in [-0.25, -0.2) is 0 Å². The summed E-state index contributed by atoms with van der Waals surface area (Å²) >= 11 is 0. The highest BCUT2D eigenvalue weighted by atomic mass is 16.3. The molecule has 0 saturated carbocycles. The molecule has 4 heteroatoms. The third kappa shape index (κ3) is 3.18. The van der Waals surface area contributed by atoms with E-state index in [9.17, 15) is 9.90 Å². The fraction of sp³-hybridized carbons (Fsp3) is 0.909. The van der Waals surface area contributed by atoms with E-state index in [-0.39, 0.29) is 24.5 Å². The first-order valence-electron chi connectivity index (χ1n) is 5.41. The van der Waals surface area contributed by atoms with E-state index in [1.165, 1.54) is 0 Å². The lowest BCUT2D eigenvalue weighted by atomic mass is 9.80. The van der Waals surface area contributed by atoms with Gasteiger partial charge in [-0.05, 0) is 11.3 Å². The van der Waals surface area contributed by atoms with Crippen LogP contribution in [0.3, 0.4) is 0 Å². The van der Waals surface area contributed by atoms with Gasteiger partial charge in [0.15, 0.2) is 0 Å². The molecule has 1 aliphatic heterocycles. The largest absolute Gasteiger partial charge is 0.394 e. The van der Waals surface area contributed by atoms with Crippen molar-refractivity contribution >= 4 is 5.91 Å². The molecule has 1 fully saturated rings. The van der Waals surface area contributed by atoms with Gasteiger partial charge in [-0.2, -0.15) is 0 Å². The van der Waals surface area contributed by atoms with Gasteiger partial charge in [0.1, 0.15) is 0 Å². The summed E-state index contributed by atoms with van der Waals surface area (Å²) in [6.45, 7) is 7.02. The molecule has 1 rings (SSSR count). The van der Waals surface area contributed by atoms with Crippen LogP contribution in [0.15, 0.2) is 0 Å². The molecule has 1 amide bonds. The van der Waals surface area contributed by atoms with Crippen LogP contribution in [0.5, 0.6) is 0 Å². The van der Waals surface area contributed by atoms with E-state index in [0.29, 0.717) is 18.9 Å². The van der Waals surface area contributed by atoms with Gasteiger partial charge in [-0.3, -0.25) is 4.79 Å². The molecule has 1 aliphatic rings. The molecule has 15 heavy (non-hydrogen) atoms. The number of nitrogens with zero attached hydrogens (tertiary/aromatic N) is 1. The molecule has 4 nitrogen and oxygen atoms in total. The van der Waals surface area contributed by atoms with Crippen molar-refractivity contribution in [1.82, 2.24) is 4.90 Å². The number of rotatable bonds is 3. The standard InChI is InChI=1S/C11H21NO3/c1-11(2,3)8-4-10(15)12(5-8)6-9(14)7-13/h8-9,13-14H,4-7H2,1-3H3. The highest BCUT2D eigenvalue weighted by molar-refractivity contribution is 5.78. The van der Waals surface area contributed by atoms with Gasteiger partial charge in [-0.15, -0.1) is 0 Å². The van der Waals surface area contributed by atoms with Crippen LogP contribution in [0, 0.1) is 11.3 Å². The van der Waals surface area contributed by atoms with Crippen LogP contribution in [0.25, 0.3) is 0 Å². The number of hydrogen-bond acceptors (Lipinski definition) is 3. The number of likely N-dealkylation sites (tertiary alicyclic amines) is 1. The predicted molar refractivity (Wildman–Crippen MR) is 57.2 cm³/mol. The Hall–Kier alpha value is -0.610. The van der Waals surface area contributed by atoms with Crippen molar-refractivity contribution in [1.29, 1.82) is 0 Å². The van der Waals surface area contributed by atoms with Crippen molar-refractivity contribution in [3.05, 3.63) is 0 Å². The average Bonchev–Trinajstić information content (AvgIpc) is 2.47. The van der Waals surface area contributed by atoms with Gasteiger partial charge in [0.2, 0.25) is 5.91 Å². The quantitative estimate of drug-likeness (QED) is 0.708. The van der Waals surface area contributed by atoms with Crippen molar-refractivity contribution < 1.29 is 15.0 Å². The van der Waals surface area contributed by atoms with Crippen LogP contribution in [0.4, 0.5) is 0 Å². The Labute approximate surface area is 90.9 Å². The Kier molecular flexibility index (Phi) is 3.73. The lowest BCUT2D eigenvalue weighted by Gasteiger charge is -2.27. The maximum absolute atomic E-state index is 11.6. The van der Waals surface area contributed by atoms with Gasteiger partial charge in [0.05, 0.1) is 12.7 Å². The van der Waals surface area contributed by atoms with Gasteiger partial charge < -0.3 is 15.1 Å². The Bertz CT molecular complexity index is 234. The molecule has 2 unspecified atom stereocenters. The number of β-amino-alcohol motifs (C(OH)–C–C–N with tert-alkyl or cyclic N) is 1. The highest BCUT2D eigenvalue weighted by Gasteiger charge is 2.37. The van der Waals surface area contributed by atoms with Crippen molar-refractivity contribution in [2.24, 2.45) is 11.3 Å². The second-order valence-electron chi connectivity index (χ2n) is 5.40. The van der Waals surface area contributed by atoms with E-state index < -0.39 is 6.10 Å². The van der Waals surface area contributed by atoms with Crippen LogP contribution in [-0.4, -0.2) is 46.8 Å². The first kappa shape index (κ1) is 12.5. The van der Waals surface area contributed by atoms with E-state index in [0.717, 1.165) is 0 Å². The number of carbonyl (C=O) groups excluding carboxylic acids is 1. The summed E-state index contributed by atoms with van der Waals surface area (Å²) in [5.74, 6) is 0.429. The van der Waals surface area contributed by atoms with E-state index in [2.05, 4.69) is 20.8 Å². The SMILES string of the molecule is CC(C)(C)C1CC(=O)N(CC(O)CO)C1. The molecule has 0 aliphatic carbocycles. The number of aliphatic hydroxyl groups excluding tert-OH is 2. The molecule has 0 aromatic heterocycles. The number of aliphatic hydroxyl groups is 2. The van der Waals surface area contributed by atoms with Crippen molar-refractivity contribution in [2.45, 2.75) is 33.3 Å². The minimum absolute atomic E-state index is 0.0856. The zero-order valence-electron chi connectivity index (χ0n) is 9.73. The summed E-state index contributed by atoms with van der Waals surface area (Å²) in [7, 11) is 0. The number of carbonyl (C=O) groups is 1. The Morgan fingerprint density at radius 2 is 2.13 bits per heavy atom. The monoisotopic (exact) mass is 215 g/mol. The molecule has 88 valence electrons. The molecule has 0 radical (unpaired) electrons. The maximum Gasteiger partial charge on any atom is 0.223 e. The third-order valence-electron chi connectivity index (χ3n) is 3.08. The molecular weight excluding hydrogens is 194 g/mol. The zero-order chi connectivity index (χ0) is 11.6. The number of amides is 1. The molecular formula is C11H21NO3. The Morgan fingerprint density at radius 1 is 1.53 bits per heavy atom. The maximum atomic E-state index is 11.6. The summed E-state index contributed by atoms with van der Waals surface area (Å²) in [4.78, 5) is 13.3. The second kappa shape index (κ2) is 4.49. The average molecular weight is 215 g/mol.